The molecule has 0 amide bonds. The molecule has 9 heteroatoms. The van der Waals surface area contributed by atoms with E-state index in [1.807, 2.05) is 0 Å². The molecule has 0 aliphatic heterocycles. The summed E-state index contributed by atoms with van der Waals surface area (Å²) in [4.78, 5) is 10.7. The maximum absolute atomic E-state index is 12.8. The van der Waals surface area contributed by atoms with E-state index in [0.29, 0.717) is 5.02 Å². The van der Waals surface area contributed by atoms with Gasteiger partial charge in [-0.2, -0.15) is 13.2 Å². The Morgan fingerprint density at radius 2 is 1.73 bits per heavy atom. The highest BCUT2D eigenvalue weighted by atomic mass is 35.5. The average molecular weight is 347 g/mol. The highest BCUT2D eigenvalue weighted by Crippen LogP contribution is 2.29. The predicted octanol–water partition coefficient (Wildman–Crippen LogP) is 4.20. The van der Waals surface area contributed by atoms with Gasteiger partial charge in [-0.1, -0.05) is 35.3 Å². The number of hydrogen-bond donors (Lipinski definition) is 0. The van der Waals surface area contributed by atoms with E-state index in [-0.39, 0.29) is 22.9 Å². The molecule has 3 rings (SSSR count). The van der Waals surface area contributed by atoms with Gasteiger partial charge in [0.15, 0.2) is 10.8 Å². The lowest BCUT2D eigenvalue weighted by Gasteiger charge is -2.07. The second-order valence-corrected chi connectivity index (χ2v) is 5.30. The molecule has 0 fully saturated rings. The molecule has 0 saturated heterocycles. The molecule has 22 heavy (non-hydrogen) atoms. The molecule has 0 radical (unpaired) electrons. The van der Waals surface area contributed by atoms with E-state index in [1.54, 1.807) is 24.3 Å². The lowest BCUT2D eigenvalue weighted by molar-refractivity contribution is -0.144. The van der Waals surface area contributed by atoms with Crippen molar-refractivity contribution in [3.05, 3.63) is 52.2 Å². The zero-order valence-electron chi connectivity index (χ0n) is 10.8. The van der Waals surface area contributed by atoms with Crippen LogP contribution in [-0.2, 0) is 12.7 Å². The zero-order chi connectivity index (χ0) is 15.9. The van der Waals surface area contributed by atoms with Gasteiger partial charge in [0.1, 0.15) is 5.52 Å². The third-order valence-electron chi connectivity index (χ3n) is 2.94. The Kier molecular flexibility index (Phi) is 3.70. The molecule has 2 heterocycles. The van der Waals surface area contributed by atoms with Crippen molar-refractivity contribution in [1.29, 1.82) is 0 Å². The highest BCUT2D eigenvalue weighted by Gasteiger charge is 2.36. The summed E-state index contributed by atoms with van der Waals surface area (Å²) in [5.41, 5.74) is 0.998. The van der Waals surface area contributed by atoms with Crippen LogP contribution in [0.15, 0.2) is 30.6 Å². The number of rotatable bonds is 2. The smallest absolute Gasteiger partial charge is 0.311 e. The Balaban J connectivity index is 2.06. The molecule has 114 valence electrons. The molecule has 0 aliphatic carbocycles. The number of fused-ring (bicyclic) bond motifs is 1. The Morgan fingerprint density at radius 3 is 2.36 bits per heavy atom. The van der Waals surface area contributed by atoms with Gasteiger partial charge in [-0.3, -0.25) is 0 Å². The van der Waals surface area contributed by atoms with E-state index in [2.05, 4.69) is 15.0 Å². The molecule has 1 aromatic carbocycles. The molecule has 4 nitrogen and oxygen atoms in total. The lowest BCUT2D eigenvalue weighted by atomic mass is 10.2. The first kappa shape index (κ1) is 15.1. The number of benzene rings is 1. The topological polar surface area (TPSA) is 43.6 Å². The van der Waals surface area contributed by atoms with Gasteiger partial charge in [-0.05, 0) is 17.7 Å². The largest absolute Gasteiger partial charge is 0.451 e. The van der Waals surface area contributed by atoms with Gasteiger partial charge in [-0.25, -0.2) is 15.0 Å². The van der Waals surface area contributed by atoms with Crippen LogP contribution in [0.1, 0.15) is 11.4 Å². The Hall–Kier alpha value is -1.86. The molecule has 0 bridgehead atoms. The number of alkyl halides is 3. The molecule has 0 N–H and O–H groups in total. The lowest BCUT2D eigenvalue weighted by Crippen LogP contribution is -2.12. The molecule has 0 aliphatic rings. The molecular weight excluding hydrogens is 340 g/mol. The Bertz CT molecular complexity index is 828. The van der Waals surface area contributed by atoms with E-state index in [9.17, 15) is 13.2 Å². The third-order valence-corrected chi connectivity index (χ3v) is 3.46. The van der Waals surface area contributed by atoms with E-state index in [1.165, 1.54) is 10.9 Å². The van der Waals surface area contributed by atoms with Gasteiger partial charge < -0.3 is 4.57 Å². The zero-order valence-corrected chi connectivity index (χ0v) is 12.3. The fraction of sp³-hybridized carbons (Fsp3) is 0.154. The second-order valence-electron chi connectivity index (χ2n) is 4.51. The predicted molar refractivity (Wildman–Crippen MR) is 75.9 cm³/mol. The number of aromatic nitrogens is 4. The van der Waals surface area contributed by atoms with E-state index < -0.39 is 12.0 Å². The van der Waals surface area contributed by atoms with Gasteiger partial charge in [0, 0.05) is 5.02 Å². The van der Waals surface area contributed by atoms with Crippen molar-refractivity contribution in [2.24, 2.45) is 0 Å². The SMILES string of the molecule is FC(F)(F)c1nc(Cl)c2ncn(Cc3ccc(Cl)cc3)c2n1. The van der Waals surface area contributed by atoms with Gasteiger partial charge in [0.25, 0.3) is 0 Å². The molecule has 0 atom stereocenters. The normalized spacial score (nSPS) is 12.0. The summed E-state index contributed by atoms with van der Waals surface area (Å²) in [6.07, 6.45) is -3.30. The van der Waals surface area contributed by atoms with Crippen LogP contribution in [0.4, 0.5) is 13.2 Å². The summed E-state index contributed by atoms with van der Waals surface area (Å²) in [6, 6.07) is 6.92. The van der Waals surface area contributed by atoms with Crippen LogP contribution in [0.2, 0.25) is 10.2 Å². The van der Waals surface area contributed by atoms with Crippen LogP contribution in [0.3, 0.4) is 0 Å². The molecule has 0 spiro atoms. The van der Waals surface area contributed by atoms with E-state index >= 15 is 0 Å². The fourth-order valence-corrected chi connectivity index (χ4v) is 2.28. The minimum Gasteiger partial charge on any atom is -0.311 e. The number of nitrogens with zero attached hydrogens (tertiary/aromatic N) is 4. The van der Waals surface area contributed by atoms with Crippen molar-refractivity contribution in [2.45, 2.75) is 12.7 Å². The van der Waals surface area contributed by atoms with Crippen molar-refractivity contribution in [3.8, 4) is 0 Å². The van der Waals surface area contributed by atoms with Crippen molar-refractivity contribution in [2.75, 3.05) is 0 Å². The molecule has 3 aromatic rings. The van der Waals surface area contributed by atoms with Crippen molar-refractivity contribution < 1.29 is 13.2 Å². The molecule has 2 aromatic heterocycles. The van der Waals surface area contributed by atoms with Crippen molar-refractivity contribution in [3.63, 3.8) is 0 Å². The Morgan fingerprint density at radius 1 is 1.05 bits per heavy atom. The monoisotopic (exact) mass is 346 g/mol. The summed E-state index contributed by atoms with van der Waals surface area (Å²) in [6.45, 7) is 0.290. The van der Waals surface area contributed by atoms with E-state index in [4.69, 9.17) is 23.2 Å². The van der Waals surface area contributed by atoms with Crippen LogP contribution in [-0.4, -0.2) is 19.5 Å². The van der Waals surface area contributed by atoms with Crippen LogP contribution in [0.5, 0.6) is 0 Å². The quantitative estimate of drug-likeness (QED) is 0.653. The van der Waals surface area contributed by atoms with Crippen molar-refractivity contribution >= 4 is 34.4 Å². The van der Waals surface area contributed by atoms with Crippen LogP contribution in [0.25, 0.3) is 11.2 Å². The van der Waals surface area contributed by atoms with Crippen LogP contribution < -0.4 is 0 Å². The highest BCUT2D eigenvalue weighted by molar-refractivity contribution is 6.33. The maximum atomic E-state index is 12.8. The number of imidazole rings is 1. The second kappa shape index (κ2) is 5.40. The van der Waals surface area contributed by atoms with E-state index in [0.717, 1.165) is 5.56 Å². The summed E-state index contributed by atoms with van der Waals surface area (Å²) < 4.78 is 39.8. The standard InChI is InChI=1S/C13H7Cl2F3N4/c14-8-3-1-7(2-4-8)5-22-6-19-9-10(15)20-12(13(16,17)18)21-11(9)22/h1-4,6H,5H2. The van der Waals surface area contributed by atoms with Gasteiger partial charge in [0.2, 0.25) is 5.82 Å². The minimum absolute atomic E-state index is 0.0299. The molecule has 0 unspecified atom stereocenters. The number of halogens is 5. The Labute approximate surface area is 132 Å². The van der Waals surface area contributed by atoms with Gasteiger partial charge in [-0.15, -0.1) is 0 Å². The average Bonchev–Trinajstić information content (AvgIpc) is 2.84. The van der Waals surface area contributed by atoms with Crippen LogP contribution in [0, 0.1) is 0 Å². The summed E-state index contributed by atoms with van der Waals surface area (Å²) in [7, 11) is 0. The van der Waals surface area contributed by atoms with Gasteiger partial charge >= 0.3 is 6.18 Å². The fourth-order valence-electron chi connectivity index (χ4n) is 1.94. The summed E-state index contributed by atoms with van der Waals surface area (Å²) >= 11 is 11.6. The van der Waals surface area contributed by atoms with Crippen molar-refractivity contribution in [1.82, 2.24) is 19.5 Å². The minimum atomic E-state index is -4.67. The molecule has 0 saturated carbocycles. The van der Waals surface area contributed by atoms with Gasteiger partial charge in [0.05, 0.1) is 12.9 Å². The summed E-state index contributed by atoms with van der Waals surface area (Å²) in [5, 5.41) is 0.246. The summed E-state index contributed by atoms with van der Waals surface area (Å²) in [5.74, 6) is -1.29. The maximum Gasteiger partial charge on any atom is 0.451 e. The first-order valence-electron chi connectivity index (χ1n) is 6.04. The first-order valence-corrected chi connectivity index (χ1v) is 6.80. The number of hydrogen-bond acceptors (Lipinski definition) is 3. The first-order chi connectivity index (χ1) is 10.3. The van der Waals surface area contributed by atoms with Crippen LogP contribution >= 0.6 is 23.2 Å². The third kappa shape index (κ3) is 2.86. The molecular formula is C13H7Cl2F3N4.